The molecule has 0 aromatic heterocycles. The van der Waals surface area contributed by atoms with Crippen molar-refractivity contribution in [2.75, 3.05) is 0 Å². The Morgan fingerprint density at radius 3 is 2.20 bits per heavy atom. The van der Waals surface area contributed by atoms with E-state index in [0.29, 0.717) is 23.4 Å². The summed E-state index contributed by atoms with van der Waals surface area (Å²) in [5, 5.41) is 0.673. The third-order valence-electron chi connectivity index (χ3n) is 2.30. The first-order chi connectivity index (χ1) is 7.20. The monoisotopic (exact) mass is 222 g/mol. The van der Waals surface area contributed by atoms with Gasteiger partial charge in [-0.2, -0.15) is 0 Å². The zero-order chi connectivity index (χ0) is 11.3. The van der Waals surface area contributed by atoms with Crippen molar-refractivity contribution >= 4 is 17.4 Å². The van der Waals surface area contributed by atoms with Crippen LogP contribution >= 0.6 is 11.6 Å². The fraction of sp³-hybridized carbons (Fsp3) is 0.308. The lowest BCUT2D eigenvalue weighted by Crippen LogP contribution is -2.04. The van der Waals surface area contributed by atoms with E-state index in [1.54, 1.807) is 0 Å². The third kappa shape index (κ3) is 2.93. The number of hydrogen-bond acceptors (Lipinski definition) is 1. The predicted molar refractivity (Wildman–Crippen MR) is 64.2 cm³/mol. The van der Waals surface area contributed by atoms with E-state index in [-0.39, 0.29) is 5.78 Å². The van der Waals surface area contributed by atoms with E-state index in [4.69, 9.17) is 11.6 Å². The second-order valence-corrected chi connectivity index (χ2v) is 3.74. The maximum Gasteiger partial charge on any atom is 0.190 e. The van der Waals surface area contributed by atoms with Gasteiger partial charge in [-0.05, 0) is 12.8 Å². The third-order valence-corrected chi connectivity index (χ3v) is 2.80. The van der Waals surface area contributed by atoms with Crippen LogP contribution in [0.5, 0.6) is 0 Å². The lowest BCUT2D eigenvalue weighted by Gasteiger charge is -2.06. The molecule has 1 aromatic rings. The highest BCUT2D eigenvalue weighted by atomic mass is 35.5. The highest BCUT2D eigenvalue weighted by Gasteiger charge is 2.13. The summed E-state index contributed by atoms with van der Waals surface area (Å²) in [6.07, 6.45) is 1.39. The molecule has 2 heteroatoms. The van der Waals surface area contributed by atoms with Crippen LogP contribution in [0.4, 0.5) is 0 Å². The molecule has 0 fully saturated rings. The van der Waals surface area contributed by atoms with Crippen molar-refractivity contribution < 1.29 is 4.79 Å². The number of allylic oxidation sites excluding steroid dienone is 2. The van der Waals surface area contributed by atoms with Crippen LogP contribution in [-0.2, 0) is 0 Å². The minimum atomic E-state index is 0.0463. The number of carbonyl (C=O) groups is 1. The van der Waals surface area contributed by atoms with Crippen molar-refractivity contribution in [3.63, 3.8) is 0 Å². The second-order valence-electron chi connectivity index (χ2n) is 3.29. The average molecular weight is 223 g/mol. The molecular weight excluding hydrogens is 208 g/mol. The summed E-state index contributed by atoms with van der Waals surface area (Å²) < 4.78 is 0. The van der Waals surface area contributed by atoms with Crippen LogP contribution in [0.25, 0.3) is 0 Å². The van der Waals surface area contributed by atoms with E-state index in [9.17, 15) is 4.79 Å². The van der Waals surface area contributed by atoms with Gasteiger partial charge < -0.3 is 0 Å². The van der Waals surface area contributed by atoms with Gasteiger partial charge in [0, 0.05) is 16.2 Å². The molecule has 0 bridgehead atoms. The van der Waals surface area contributed by atoms with Crippen LogP contribution in [0.15, 0.2) is 40.9 Å². The van der Waals surface area contributed by atoms with Gasteiger partial charge in [0.2, 0.25) is 0 Å². The van der Waals surface area contributed by atoms with Gasteiger partial charge in [-0.25, -0.2) is 0 Å². The van der Waals surface area contributed by atoms with Gasteiger partial charge in [0.15, 0.2) is 5.78 Å². The molecule has 0 aliphatic rings. The molecule has 0 spiro atoms. The Balaban J connectivity index is 3.04. The fourth-order valence-electron chi connectivity index (χ4n) is 1.45. The molecule has 0 N–H and O–H groups in total. The van der Waals surface area contributed by atoms with Crippen LogP contribution in [-0.4, -0.2) is 5.78 Å². The van der Waals surface area contributed by atoms with E-state index in [2.05, 4.69) is 0 Å². The molecule has 0 unspecified atom stereocenters. The largest absolute Gasteiger partial charge is 0.289 e. The van der Waals surface area contributed by atoms with Gasteiger partial charge in [0.25, 0.3) is 0 Å². The summed E-state index contributed by atoms with van der Waals surface area (Å²) >= 11 is 6.03. The maximum absolute atomic E-state index is 12.0. The van der Waals surface area contributed by atoms with E-state index in [0.717, 1.165) is 5.57 Å². The van der Waals surface area contributed by atoms with Gasteiger partial charge >= 0.3 is 0 Å². The number of ketones is 1. The van der Waals surface area contributed by atoms with Crippen molar-refractivity contribution in [1.82, 2.24) is 0 Å². The molecule has 0 heterocycles. The molecule has 1 nitrogen and oxygen atoms in total. The lowest BCUT2D eigenvalue weighted by atomic mass is 10.0. The number of carbonyl (C=O) groups excluding carboxylic acids is 1. The first-order valence-electron chi connectivity index (χ1n) is 5.18. The van der Waals surface area contributed by atoms with E-state index >= 15 is 0 Å². The van der Waals surface area contributed by atoms with Crippen LogP contribution in [0.3, 0.4) is 0 Å². The second kappa shape index (κ2) is 5.72. The smallest absolute Gasteiger partial charge is 0.190 e. The van der Waals surface area contributed by atoms with E-state index in [1.807, 2.05) is 44.2 Å². The number of Topliss-reactive ketones (excluding diaryl/α,β-unsaturated/α-hetero) is 1. The van der Waals surface area contributed by atoms with Crippen molar-refractivity contribution in [2.45, 2.75) is 26.7 Å². The topological polar surface area (TPSA) is 17.1 Å². The minimum absolute atomic E-state index is 0.0463. The highest BCUT2D eigenvalue weighted by molar-refractivity contribution is 6.32. The predicted octanol–water partition coefficient (Wildman–Crippen LogP) is 4.18. The van der Waals surface area contributed by atoms with Gasteiger partial charge in [-0.3, -0.25) is 4.79 Å². The van der Waals surface area contributed by atoms with Crippen LogP contribution in [0, 0.1) is 0 Å². The standard InChI is InChI=1S/C13H15ClO/c1-3-11(12(14)4-2)13(15)10-8-6-5-7-9-10/h5-9H,3-4H2,1-2H3/b12-11-. The first-order valence-corrected chi connectivity index (χ1v) is 5.55. The molecule has 0 aliphatic carbocycles. The average Bonchev–Trinajstić information content (AvgIpc) is 2.30. The Morgan fingerprint density at radius 1 is 1.13 bits per heavy atom. The Labute approximate surface area is 95.8 Å². The number of halogens is 1. The lowest BCUT2D eigenvalue weighted by molar-refractivity contribution is 0.103. The summed E-state index contributed by atoms with van der Waals surface area (Å²) in [4.78, 5) is 12.0. The summed E-state index contributed by atoms with van der Waals surface area (Å²) in [6.45, 7) is 3.91. The zero-order valence-corrected chi connectivity index (χ0v) is 9.84. The highest BCUT2D eigenvalue weighted by Crippen LogP contribution is 2.20. The Morgan fingerprint density at radius 2 is 1.73 bits per heavy atom. The molecule has 0 aliphatic heterocycles. The molecule has 0 radical (unpaired) electrons. The van der Waals surface area contributed by atoms with E-state index in [1.165, 1.54) is 0 Å². The number of benzene rings is 1. The molecule has 1 aromatic carbocycles. The summed E-state index contributed by atoms with van der Waals surface area (Å²) in [7, 11) is 0. The first kappa shape index (κ1) is 12.0. The fourth-order valence-corrected chi connectivity index (χ4v) is 1.67. The molecule has 0 atom stereocenters. The summed E-state index contributed by atoms with van der Waals surface area (Å²) in [6, 6.07) is 9.25. The Bertz CT molecular complexity index is 365. The molecule has 0 saturated carbocycles. The minimum Gasteiger partial charge on any atom is -0.289 e. The van der Waals surface area contributed by atoms with Gasteiger partial charge in [0.05, 0.1) is 0 Å². The zero-order valence-electron chi connectivity index (χ0n) is 9.09. The maximum atomic E-state index is 12.0. The van der Waals surface area contributed by atoms with E-state index < -0.39 is 0 Å². The van der Waals surface area contributed by atoms with Crippen molar-refractivity contribution in [3.8, 4) is 0 Å². The normalized spacial score (nSPS) is 12.2. The quantitative estimate of drug-likeness (QED) is 0.552. The molecule has 0 saturated heterocycles. The molecule has 1 rings (SSSR count). The van der Waals surface area contributed by atoms with Crippen LogP contribution in [0.2, 0.25) is 0 Å². The molecule has 0 amide bonds. The van der Waals surface area contributed by atoms with Gasteiger partial charge in [-0.15, -0.1) is 0 Å². The molecule has 15 heavy (non-hydrogen) atoms. The van der Waals surface area contributed by atoms with Crippen LogP contribution < -0.4 is 0 Å². The van der Waals surface area contributed by atoms with Crippen molar-refractivity contribution in [3.05, 3.63) is 46.5 Å². The SMILES string of the molecule is CC/C(Cl)=C(\CC)C(=O)c1ccccc1. The summed E-state index contributed by atoms with van der Waals surface area (Å²) in [5.74, 6) is 0.0463. The van der Waals surface area contributed by atoms with Crippen LogP contribution in [0.1, 0.15) is 37.0 Å². The van der Waals surface area contributed by atoms with Gasteiger partial charge in [0.1, 0.15) is 0 Å². The number of hydrogen-bond donors (Lipinski definition) is 0. The van der Waals surface area contributed by atoms with Gasteiger partial charge in [-0.1, -0.05) is 55.8 Å². The van der Waals surface area contributed by atoms with Crippen molar-refractivity contribution in [2.24, 2.45) is 0 Å². The Hall–Kier alpha value is -1.08. The van der Waals surface area contributed by atoms with Crippen molar-refractivity contribution in [1.29, 1.82) is 0 Å². The molecular formula is C13H15ClO. The number of rotatable bonds is 4. The molecule has 80 valence electrons. The summed E-state index contributed by atoms with van der Waals surface area (Å²) in [5.41, 5.74) is 1.44. The Kier molecular flexibility index (Phi) is 4.57.